The SMILES string of the molecule is CC(SCc1nc(N)nc(N(C)C)n1)c1nc2scc(-c3ccco3)c2c(=O)[nH]1. The Labute approximate surface area is 174 Å². The van der Waals surface area contributed by atoms with Crippen molar-refractivity contribution in [2.24, 2.45) is 0 Å². The van der Waals surface area contributed by atoms with Gasteiger partial charge in [0, 0.05) is 25.0 Å². The van der Waals surface area contributed by atoms with Crippen LogP contribution in [-0.4, -0.2) is 39.0 Å². The number of H-pyrrole nitrogens is 1. The Hall–Kier alpha value is -2.92. The van der Waals surface area contributed by atoms with Gasteiger partial charge in [0.05, 0.1) is 22.7 Å². The standard InChI is InChI=1S/C18H19N7O2S2/c1-9(28-8-12-20-17(19)24-18(21-12)25(2)3)14-22-15(26)13-10(7-29-16(13)23-14)11-5-4-6-27-11/h4-7,9H,8H2,1-3H3,(H,22,23,26)(H2,19,20,21,24). The van der Waals surface area contributed by atoms with Crippen molar-refractivity contribution in [2.45, 2.75) is 17.9 Å². The second kappa shape index (κ2) is 7.84. The minimum atomic E-state index is -0.176. The molecule has 0 spiro atoms. The van der Waals surface area contributed by atoms with E-state index in [1.165, 1.54) is 11.3 Å². The summed E-state index contributed by atoms with van der Waals surface area (Å²) in [5.74, 6) is 3.05. The summed E-state index contributed by atoms with van der Waals surface area (Å²) in [5, 5.41) is 2.37. The predicted molar refractivity (Wildman–Crippen MR) is 116 cm³/mol. The third-order valence-electron chi connectivity index (χ3n) is 4.18. The molecule has 4 rings (SSSR count). The Bertz CT molecular complexity index is 1200. The molecule has 0 amide bonds. The van der Waals surface area contributed by atoms with Crippen LogP contribution in [0.25, 0.3) is 21.5 Å². The van der Waals surface area contributed by atoms with Crippen LogP contribution in [0.15, 0.2) is 33.0 Å². The summed E-state index contributed by atoms with van der Waals surface area (Å²) >= 11 is 2.98. The van der Waals surface area contributed by atoms with Gasteiger partial charge in [0.15, 0.2) is 0 Å². The maximum atomic E-state index is 12.7. The van der Waals surface area contributed by atoms with E-state index in [1.54, 1.807) is 29.0 Å². The molecule has 9 nitrogen and oxygen atoms in total. The number of thiophene rings is 1. The molecule has 3 N–H and O–H groups in total. The van der Waals surface area contributed by atoms with E-state index >= 15 is 0 Å². The lowest BCUT2D eigenvalue weighted by molar-refractivity contribution is 0.583. The zero-order chi connectivity index (χ0) is 20.5. The Balaban J connectivity index is 1.57. The summed E-state index contributed by atoms with van der Waals surface area (Å²) in [4.78, 5) is 35.4. The maximum absolute atomic E-state index is 12.7. The van der Waals surface area contributed by atoms with Gasteiger partial charge in [-0.05, 0) is 19.1 Å². The smallest absolute Gasteiger partial charge is 0.260 e. The van der Waals surface area contributed by atoms with Crippen LogP contribution in [0.2, 0.25) is 0 Å². The molecule has 4 heterocycles. The summed E-state index contributed by atoms with van der Waals surface area (Å²) in [6.07, 6.45) is 1.59. The van der Waals surface area contributed by atoms with Crippen molar-refractivity contribution < 1.29 is 4.42 Å². The number of aromatic nitrogens is 5. The van der Waals surface area contributed by atoms with E-state index in [9.17, 15) is 4.79 Å². The molecule has 0 aliphatic rings. The van der Waals surface area contributed by atoms with Crippen LogP contribution < -0.4 is 16.2 Å². The molecular weight excluding hydrogens is 410 g/mol. The number of aromatic amines is 1. The van der Waals surface area contributed by atoms with E-state index in [0.717, 1.165) is 5.56 Å². The fourth-order valence-electron chi connectivity index (χ4n) is 2.74. The second-order valence-electron chi connectivity index (χ2n) is 6.52. The number of anilines is 2. The lowest BCUT2D eigenvalue weighted by atomic mass is 10.2. The highest BCUT2D eigenvalue weighted by atomic mass is 32.2. The fourth-order valence-corrected chi connectivity index (χ4v) is 4.47. The van der Waals surface area contributed by atoms with Gasteiger partial charge in [0.1, 0.15) is 22.2 Å². The zero-order valence-corrected chi connectivity index (χ0v) is 17.7. The van der Waals surface area contributed by atoms with E-state index in [1.807, 2.05) is 32.5 Å². The number of thioether (sulfide) groups is 1. The highest BCUT2D eigenvalue weighted by Crippen LogP contribution is 2.33. The molecule has 11 heteroatoms. The average molecular weight is 430 g/mol. The zero-order valence-electron chi connectivity index (χ0n) is 16.0. The minimum Gasteiger partial charge on any atom is -0.464 e. The first-order chi connectivity index (χ1) is 13.9. The van der Waals surface area contributed by atoms with E-state index in [-0.39, 0.29) is 16.8 Å². The predicted octanol–water partition coefficient (Wildman–Crippen LogP) is 3.07. The summed E-state index contributed by atoms with van der Waals surface area (Å²) in [6, 6.07) is 3.62. The lowest BCUT2D eigenvalue weighted by Crippen LogP contribution is -2.16. The van der Waals surface area contributed by atoms with Crippen molar-refractivity contribution in [1.82, 2.24) is 24.9 Å². The van der Waals surface area contributed by atoms with Crippen molar-refractivity contribution in [3.8, 4) is 11.3 Å². The van der Waals surface area contributed by atoms with Gasteiger partial charge < -0.3 is 20.0 Å². The molecule has 1 unspecified atom stereocenters. The van der Waals surface area contributed by atoms with Crippen molar-refractivity contribution in [3.63, 3.8) is 0 Å². The Morgan fingerprint density at radius 2 is 2.14 bits per heavy atom. The monoisotopic (exact) mass is 429 g/mol. The van der Waals surface area contributed by atoms with Gasteiger partial charge >= 0.3 is 0 Å². The quantitative estimate of drug-likeness (QED) is 0.475. The number of nitrogens with one attached hydrogen (secondary N) is 1. The van der Waals surface area contributed by atoms with Gasteiger partial charge in [0.2, 0.25) is 11.9 Å². The molecule has 0 bridgehead atoms. The van der Waals surface area contributed by atoms with E-state index in [0.29, 0.717) is 39.3 Å². The molecule has 0 aliphatic heterocycles. The van der Waals surface area contributed by atoms with Gasteiger partial charge in [-0.1, -0.05) is 0 Å². The third-order valence-corrected chi connectivity index (χ3v) is 6.20. The Morgan fingerprint density at radius 3 is 2.86 bits per heavy atom. The molecule has 0 saturated carbocycles. The summed E-state index contributed by atoms with van der Waals surface area (Å²) in [5.41, 5.74) is 6.36. The van der Waals surface area contributed by atoms with Crippen LogP contribution in [0.5, 0.6) is 0 Å². The van der Waals surface area contributed by atoms with Crippen LogP contribution in [0.4, 0.5) is 11.9 Å². The maximum Gasteiger partial charge on any atom is 0.260 e. The second-order valence-corrected chi connectivity index (χ2v) is 8.70. The molecule has 0 saturated heterocycles. The highest BCUT2D eigenvalue weighted by Gasteiger charge is 2.18. The molecule has 0 radical (unpaired) electrons. The molecule has 0 fully saturated rings. The molecule has 4 aromatic heterocycles. The number of fused-ring (bicyclic) bond motifs is 1. The number of hydrogen-bond acceptors (Lipinski definition) is 10. The van der Waals surface area contributed by atoms with Crippen molar-refractivity contribution in [2.75, 3.05) is 24.7 Å². The average Bonchev–Trinajstić information content (AvgIpc) is 3.35. The number of furan rings is 1. The first-order valence-corrected chi connectivity index (χ1v) is 10.7. The number of nitrogen functional groups attached to an aromatic ring is 1. The van der Waals surface area contributed by atoms with E-state index < -0.39 is 0 Å². The van der Waals surface area contributed by atoms with Gasteiger partial charge in [-0.25, -0.2) is 4.98 Å². The normalized spacial score (nSPS) is 12.4. The third kappa shape index (κ3) is 3.96. The molecule has 4 aromatic rings. The first kappa shape index (κ1) is 19.4. The van der Waals surface area contributed by atoms with Gasteiger partial charge in [0.25, 0.3) is 5.56 Å². The van der Waals surface area contributed by atoms with Gasteiger partial charge in [-0.2, -0.15) is 15.0 Å². The van der Waals surface area contributed by atoms with Gasteiger partial charge in [-0.3, -0.25) is 4.79 Å². The molecular formula is C18H19N7O2S2. The van der Waals surface area contributed by atoms with Crippen molar-refractivity contribution >= 4 is 45.2 Å². The minimum absolute atomic E-state index is 0.0675. The van der Waals surface area contributed by atoms with Crippen LogP contribution in [0, 0.1) is 0 Å². The van der Waals surface area contributed by atoms with Crippen molar-refractivity contribution in [1.29, 1.82) is 0 Å². The number of nitrogens with zero attached hydrogens (tertiary/aromatic N) is 5. The van der Waals surface area contributed by atoms with E-state index in [4.69, 9.17) is 10.2 Å². The lowest BCUT2D eigenvalue weighted by Gasteiger charge is -2.13. The summed E-state index contributed by atoms with van der Waals surface area (Å²) in [6.45, 7) is 1.98. The van der Waals surface area contributed by atoms with Crippen LogP contribution in [0.1, 0.15) is 23.8 Å². The molecule has 29 heavy (non-hydrogen) atoms. The van der Waals surface area contributed by atoms with E-state index in [2.05, 4.69) is 24.9 Å². The van der Waals surface area contributed by atoms with Crippen LogP contribution in [-0.2, 0) is 5.75 Å². The fraction of sp³-hybridized carbons (Fsp3) is 0.278. The topological polar surface area (TPSA) is 127 Å². The number of hydrogen-bond donors (Lipinski definition) is 2. The summed E-state index contributed by atoms with van der Waals surface area (Å²) in [7, 11) is 3.69. The summed E-state index contributed by atoms with van der Waals surface area (Å²) < 4.78 is 5.43. The number of rotatable bonds is 6. The Kier molecular flexibility index (Phi) is 5.24. The molecule has 0 aliphatic carbocycles. The van der Waals surface area contributed by atoms with Crippen LogP contribution in [0.3, 0.4) is 0 Å². The first-order valence-electron chi connectivity index (χ1n) is 8.77. The molecule has 150 valence electrons. The number of nitrogens with two attached hydrogens (primary N) is 1. The molecule has 0 aromatic carbocycles. The van der Waals surface area contributed by atoms with Crippen molar-refractivity contribution in [3.05, 3.63) is 45.8 Å². The highest BCUT2D eigenvalue weighted by molar-refractivity contribution is 7.98. The van der Waals surface area contributed by atoms with Crippen LogP contribution >= 0.6 is 23.1 Å². The molecule has 1 atom stereocenters. The Morgan fingerprint density at radius 1 is 1.31 bits per heavy atom. The van der Waals surface area contributed by atoms with Gasteiger partial charge in [-0.15, -0.1) is 23.1 Å². The largest absolute Gasteiger partial charge is 0.464 e.